The molecule has 0 unspecified atom stereocenters. The van der Waals surface area contributed by atoms with Gasteiger partial charge in [-0.15, -0.1) is 0 Å². The maximum Gasteiger partial charge on any atom is 0.336 e. The molecule has 1 aromatic rings. The standard InChI is InChI=1S/C11H15FN4O5/c12-7-6-16(11(20)14-9(7)18)10(19)13-5-3-1-2-4-8(17)15-21/h6,21H,1-5H2,(H,13,19)(H,15,17)(H,14,18,20). The fourth-order valence-corrected chi connectivity index (χ4v) is 1.52. The quantitative estimate of drug-likeness (QED) is 0.313. The third-order valence-electron chi connectivity index (χ3n) is 2.60. The lowest BCUT2D eigenvalue weighted by Gasteiger charge is -2.06. The van der Waals surface area contributed by atoms with Gasteiger partial charge in [0.15, 0.2) is 0 Å². The van der Waals surface area contributed by atoms with Gasteiger partial charge in [-0.3, -0.25) is 19.8 Å². The van der Waals surface area contributed by atoms with E-state index in [0.29, 0.717) is 30.0 Å². The molecule has 2 amide bonds. The highest BCUT2D eigenvalue weighted by Gasteiger charge is 2.10. The van der Waals surface area contributed by atoms with E-state index in [1.54, 1.807) is 4.98 Å². The van der Waals surface area contributed by atoms with Gasteiger partial charge in [-0.2, -0.15) is 4.39 Å². The molecule has 0 spiro atoms. The van der Waals surface area contributed by atoms with Crippen LogP contribution in [-0.4, -0.2) is 33.2 Å². The zero-order valence-electron chi connectivity index (χ0n) is 11.0. The Hall–Kier alpha value is -2.49. The van der Waals surface area contributed by atoms with E-state index in [1.807, 2.05) is 0 Å². The third kappa shape index (κ3) is 5.18. The van der Waals surface area contributed by atoms with E-state index in [4.69, 9.17) is 5.21 Å². The van der Waals surface area contributed by atoms with Gasteiger partial charge in [0, 0.05) is 13.0 Å². The zero-order valence-corrected chi connectivity index (χ0v) is 11.0. The Morgan fingerprint density at radius 1 is 1.29 bits per heavy atom. The van der Waals surface area contributed by atoms with E-state index < -0.39 is 29.0 Å². The molecule has 0 aliphatic carbocycles. The number of hydroxylamine groups is 1. The summed E-state index contributed by atoms with van der Waals surface area (Å²) >= 11 is 0. The molecule has 1 aromatic heterocycles. The van der Waals surface area contributed by atoms with Crippen LogP contribution >= 0.6 is 0 Å². The van der Waals surface area contributed by atoms with Gasteiger partial charge in [0.25, 0.3) is 5.56 Å². The molecule has 1 heterocycles. The van der Waals surface area contributed by atoms with Gasteiger partial charge >= 0.3 is 11.7 Å². The SMILES string of the molecule is O=C(CCCCCNC(=O)n1cc(F)c(=O)[nH]c1=O)NO. The lowest BCUT2D eigenvalue weighted by atomic mass is 10.2. The Balaban J connectivity index is 2.38. The van der Waals surface area contributed by atoms with Crippen molar-refractivity contribution < 1.29 is 19.2 Å². The minimum Gasteiger partial charge on any atom is -0.337 e. The number of nitrogens with one attached hydrogen (secondary N) is 3. The van der Waals surface area contributed by atoms with Crippen molar-refractivity contribution in [2.75, 3.05) is 6.54 Å². The number of rotatable bonds is 6. The first-order valence-corrected chi connectivity index (χ1v) is 6.18. The molecule has 0 aliphatic rings. The van der Waals surface area contributed by atoms with Crippen molar-refractivity contribution in [3.63, 3.8) is 0 Å². The summed E-state index contributed by atoms with van der Waals surface area (Å²) in [6, 6.07) is -0.858. The Kier molecular flexibility index (Phi) is 6.27. The van der Waals surface area contributed by atoms with Crippen LogP contribution in [0.15, 0.2) is 15.8 Å². The van der Waals surface area contributed by atoms with Crippen LogP contribution in [0.1, 0.15) is 25.7 Å². The van der Waals surface area contributed by atoms with Gasteiger partial charge in [-0.25, -0.2) is 19.6 Å². The molecule has 0 aliphatic heterocycles. The van der Waals surface area contributed by atoms with E-state index >= 15 is 0 Å². The summed E-state index contributed by atoms with van der Waals surface area (Å²) in [5, 5.41) is 10.6. The molecule has 0 bridgehead atoms. The number of carbonyl (C=O) groups excluding carboxylic acids is 2. The lowest BCUT2D eigenvalue weighted by molar-refractivity contribution is -0.129. The van der Waals surface area contributed by atoms with Crippen molar-refractivity contribution >= 4 is 11.9 Å². The van der Waals surface area contributed by atoms with E-state index in [9.17, 15) is 23.6 Å². The van der Waals surface area contributed by atoms with Crippen LogP contribution in [0.2, 0.25) is 0 Å². The summed E-state index contributed by atoms with van der Waals surface area (Å²) < 4.78 is 13.4. The summed E-state index contributed by atoms with van der Waals surface area (Å²) in [4.78, 5) is 46.0. The number of hydrogen-bond donors (Lipinski definition) is 4. The van der Waals surface area contributed by atoms with Gasteiger partial charge in [-0.1, -0.05) is 6.42 Å². The van der Waals surface area contributed by atoms with Crippen molar-refractivity contribution in [3.8, 4) is 0 Å². The van der Waals surface area contributed by atoms with Gasteiger partial charge < -0.3 is 5.32 Å². The normalized spacial score (nSPS) is 10.2. The Labute approximate surface area is 117 Å². The van der Waals surface area contributed by atoms with E-state index in [2.05, 4.69) is 5.32 Å². The number of aromatic amines is 1. The molecule has 0 saturated heterocycles. The zero-order chi connectivity index (χ0) is 15.8. The lowest BCUT2D eigenvalue weighted by Crippen LogP contribution is -2.40. The predicted molar refractivity (Wildman–Crippen MR) is 68.5 cm³/mol. The van der Waals surface area contributed by atoms with Crippen LogP contribution in [-0.2, 0) is 4.79 Å². The molecule has 10 heteroatoms. The van der Waals surface area contributed by atoms with E-state index in [1.165, 1.54) is 5.48 Å². The Morgan fingerprint density at radius 2 is 2.00 bits per heavy atom. The van der Waals surface area contributed by atoms with Crippen LogP contribution in [0, 0.1) is 5.82 Å². The maximum absolute atomic E-state index is 13.0. The number of aromatic nitrogens is 2. The number of halogens is 1. The van der Waals surface area contributed by atoms with Crippen molar-refractivity contribution in [3.05, 3.63) is 32.9 Å². The Bertz CT molecular complexity index is 624. The molecule has 0 saturated carbocycles. The summed E-state index contributed by atoms with van der Waals surface area (Å²) in [5.74, 6) is -1.73. The predicted octanol–water partition coefficient (Wildman–Crippen LogP) is -0.701. The van der Waals surface area contributed by atoms with Gasteiger partial charge in [-0.05, 0) is 12.8 Å². The highest BCUT2D eigenvalue weighted by atomic mass is 19.1. The smallest absolute Gasteiger partial charge is 0.336 e. The third-order valence-corrected chi connectivity index (χ3v) is 2.60. The average molecular weight is 302 g/mol. The van der Waals surface area contributed by atoms with Crippen molar-refractivity contribution in [1.29, 1.82) is 0 Å². The molecule has 0 radical (unpaired) electrons. The molecule has 4 N–H and O–H groups in total. The van der Waals surface area contributed by atoms with Crippen molar-refractivity contribution in [2.24, 2.45) is 0 Å². The van der Waals surface area contributed by atoms with Crippen LogP contribution in [0.4, 0.5) is 9.18 Å². The number of nitrogens with zero attached hydrogens (tertiary/aromatic N) is 1. The monoisotopic (exact) mass is 302 g/mol. The molecule has 116 valence electrons. The Morgan fingerprint density at radius 3 is 2.67 bits per heavy atom. The molecule has 1 rings (SSSR count). The topological polar surface area (TPSA) is 133 Å². The van der Waals surface area contributed by atoms with Crippen molar-refractivity contribution in [1.82, 2.24) is 20.3 Å². The molecule has 9 nitrogen and oxygen atoms in total. The van der Waals surface area contributed by atoms with Crippen LogP contribution in [0.5, 0.6) is 0 Å². The number of carbonyl (C=O) groups is 2. The van der Waals surface area contributed by atoms with E-state index in [-0.39, 0.29) is 13.0 Å². The molecule has 0 fully saturated rings. The summed E-state index contributed by atoms with van der Waals surface area (Å²) in [5.41, 5.74) is -0.717. The largest absolute Gasteiger partial charge is 0.337 e. The number of H-pyrrole nitrogens is 1. The molecule has 0 aromatic carbocycles. The summed E-state index contributed by atoms with van der Waals surface area (Å²) in [7, 11) is 0. The molecule has 0 atom stereocenters. The molecular weight excluding hydrogens is 287 g/mol. The number of amides is 2. The maximum atomic E-state index is 13.0. The number of unbranched alkanes of at least 4 members (excludes halogenated alkanes) is 2. The minimum absolute atomic E-state index is 0.162. The number of hydrogen-bond acceptors (Lipinski definition) is 5. The molecule has 21 heavy (non-hydrogen) atoms. The minimum atomic E-state index is -1.24. The van der Waals surface area contributed by atoms with Gasteiger partial charge in [0.1, 0.15) is 0 Å². The van der Waals surface area contributed by atoms with Gasteiger partial charge in [0.2, 0.25) is 11.7 Å². The second-order valence-electron chi connectivity index (χ2n) is 4.18. The second kappa shape index (κ2) is 7.94. The van der Waals surface area contributed by atoms with Crippen molar-refractivity contribution in [2.45, 2.75) is 25.7 Å². The fourth-order valence-electron chi connectivity index (χ4n) is 1.52. The van der Waals surface area contributed by atoms with Gasteiger partial charge in [0.05, 0.1) is 6.20 Å². The van der Waals surface area contributed by atoms with Crippen LogP contribution in [0.3, 0.4) is 0 Å². The van der Waals surface area contributed by atoms with E-state index in [0.717, 1.165) is 0 Å². The summed E-state index contributed by atoms with van der Waals surface area (Å²) in [6.07, 6.45) is 2.35. The second-order valence-corrected chi connectivity index (χ2v) is 4.18. The first kappa shape index (κ1) is 16.6. The van der Waals surface area contributed by atoms with Crippen LogP contribution < -0.4 is 22.0 Å². The average Bonchev–Trinajstić information content (AvgIpc) is 2.45. The highest BCUT2D eigenvalue weighted by Crippen LogP contribution is 1.98. The fraction of sp³-hybridized carbons (Fsp3) is 0.455. The van der Waals surface area contributed by atoms with Crippen LogP contribution in [0.25, 0.3) is 0 Å². The highest BCUT2D eigenvalue weighted by molar-refractivity contribution is 5.76. The first-order chi connectivity index (χ1) is 9.95. The first-order valence-electron chi connectivity index (χ1n) is 6.18. The molecular formula is C11H15FN4O5. The summed E-state index contributed by atoms with van der Waals surface area (Å²) in [6.45, 7) is 0.215.